The Hall–Kier alpha value is -1.89. The summed E-state index contributed by atoms with van der Waals surface area (Å²) in [7, 11) is -4.00. The molecule has 1 aromatic carbocycles. The van der Waals surface area contributed by atoms with Crippen molar-refractivity contribution in [2.75, 3.05) is 13.1 Å². The van der Waals surface area contributed by atoms with Gasteiger partial charge in [0, 0.05) is 19.5 Å². The number of likely N-dealkylation sites (tertiary alicyclic amines) is 1. The lowest BCUT2D eigenvalue weighted by molar-refractivity contribution is -0.138. The van der Waals surface area contributed by atoms with Gasteiger partial charge in [-0.2, -0.15) is 0 Å². The first-order valence-corrected chi connectivity index (χ1v) is 9.76. The molecule has 2 saturated heterocycles. The summed E-state index contributed by atoms with van der Waals surface area (Å²) in [4.78, 5) is 26.8. The summed E-state index contributed by atoms with van der Waals surface area (Å²) < 4.78 is 26.5. The van der Waals surface area contributed by atoms with Crippen LogP contribution in [0.3, 0.4) is 0 Å². The summed E-state index contributed by atoms with van der Waals surface area (Å²) >= 11 is 0. The van der Waals surface area contributed by atoms with Gasteiger partial charge in [0.1, 0.15) is 6.04 Å². The predicted molar refractivity (Wildman–Crippen MR) is 88.5 cm³/mol. The van der Waals surface area contributed by atoms with Crippen molar-refractivity contribution in [3.8, 4) is 0 Å². The van der Waals surface area contributed by atoms with E-state index in [2.05, 4.69) is 6.92 Å². The molecule has 0 saturated carbocycles. The first kappa shape index (κ1) is 17.0. The van der Waals surface area contributed by atoms with Crippen LogP contribution < -0.4 is 0 Å². The van der Waals surface area contributed by atoms with Gasteiger partial charge in [-0.3, -0.25) is 9.59 Å². The number of rotatable bonds is 3. The zero-order chi connectivity index (χ0) is 17.3. The SMILES string of the molecule is CC1CCN(C(=O)C2CCC(=O)N2S(=O)(=O)c2ccccc2)CC1. The molecule has 0 N–H and O–H groups in total. The van der Waals surface area contributed by atoms with Crippen LogP contribution in [0.2, 0.25) is 0 Å². The summed E-state index contributed by atoms with van der Waals surface area (Å²) in [5, 5.41) is 0. The first-order valence-electron chi connectivity index (χ1n) is 8.32. The number of sulfonamides is 1. The van der Waals surface area contributed by atoms with Gasteiger partial charge in [0.25, 0.3) is 10.0 Å². The number of amides is 2. The fourth-order valence-corrected chi connectivity index (χ4v) is 4.95. The second-order valence-electron chi connectivity index (χ2n) is 6.57. The minimum absolute atomic E-state index is 0.0466. The van der Waals surface area contributed by atoms with Crippen molar-refractivity contribution in [2.45, 2.75) is 43.5 Å². The van der Waals surface area contributed by atoms with Gasteiger partial charge in [0.05, 0.1) is 4.90 Å². The van der Waals surface area contributed by atoms with Crippen LogP contribution in [0.1, 0.15) is 32.6 Å². The molecular weight excluding hydrogens is 328 g/mol. The van der Waals surface area contributed by atoms with E-state index in [9.17, 15) is 18.0 Å². The Labute approximate surface area is 142 Å². The number of carbonyl (C=O) groups is 2. The second kappa shape index (κ2) is 6.55. The Morgan fingerprint density at radius 2 is 1.71 bits per heavy atom. The van der Waals surface area contributed by atoms with Crippen molar-refractivity contribution >= 4 is 21.8 Å². The van der Waals surface area contributed by atoms with Crippen molar-refractivity contribution < 1.29 is 18.0 Å². The second-order valence-corrected chi connectivity index (χ2v) is 8.38. The van der Waals surface area contributed by atoms with Gasteiger partial charge in [-0.25, -0.2) is 12.7 Å². The number of piperidine rings is 1. The van der Waals surface area contributed by atoms with Gasteiger partial charge < -0.3 is 4.90 Å². The molecule has 0 radical (unpaired) electrons. The summed E-state index contributed by atoms with van der Waals surface area (Å²) in [5.41, 5.74) is 0. The average Bonchev–Trinajstić information content (AvgIpc) is 2.98. The van der Waals surface area contributed by atoms with Gasteiger partial charge in [-0.1, -0.05) is 25.1 Å². The third-order valence-electron chi connectivity index (χ3n) is 4.84. The molecule has 1 unspecified atom stereocenters. The standard InChI is InChI=1S/C17H22N2O4S/c1-13-9-11-18(12-10-13)17(21)15-7-8-16(20)19(15)24(22,23)14-5-3-2-4-6-14/h2-6,13,15H,7-12H2,1H3. The van der Waals surface area contributed by atoms with Crippen LogP contribution in [0.15, 0.2) is 35.2 Å². The molecule has 1 aromatic rings. The normalized spacial score (nSPS) is 22.9. The zero-order valence-electron chi connectivity index (χ0n) is 13.7. The van der Waals surface area contributed by atoms with E-state index in [1.165, 1.54) is 12.1 Å². The summed E-state index contributed by atoms with van der Waals surface area (Å²) in [6.45, 7) is 3.40. The molecule has 130 valence electrons. The van der Waals surface area contributed by atoms with Gasteiger partial charge in [-0.05, 0) is 37.3 Å². The monoisotopic (exact) mass is 350 g/mol. The van der Waals surface area contributed by atoms with Crippen LogP contribution >= 0.6 is 0 Å². The lowest BCUT2D eigenvalue weighted by Crippen LogP contribution is -2.50. The van der Waals surface area contributed by atoms with Crippen molar-refractivity contribution in [2.24, 2.45) is 5.92 Å². The number of benzene rings is 1. The molecular formula is C17H22N2O4S. The molecule has 2 aliphatic rings. The maximum atomic E-state index is 12.8. The van der Waals surface area contributed by atoms with Gasteiger partial charge in [0.15, 0.2) is 0 Å². The van der Waals surface area contributed by atoms with Gasteiger partial charge in [0.2, 0.25) is 11.8 Å². The van der Waals surface area contributed by atoms with Gasteiger partial charge >= 0.3 is 0 Å². The van der Waals surface area contributed by atoms with E-state index in [0.717, 1.165) is 17.1 Å². The predicted octanol–water partition coefficient (Wildman–Crippen LogP) is 1.62. The average molecular weight is 350 g/mol. The molecule has 0 bridgehead atoms. The molecule has 2 fully saturated rings. The van der Waals surface area contributed by atoms with E-state index in [1.807, 2.05) is 0 Å². The van der Waals surface area contributed by atoms with E-state index in [0.29, 0.717) is 19.0 Å². The Morgan fingerprint density at radius 1 is 1.08 bits per heavy atom. The highest BCUT2D eigenvalue weighted by Crippen LogP contribution is 2.29. The Bertz CT molecular complexity index is 724. The molecule has 7 heteroatoms. The number of hydrogen-bond acceptors (Lipinski definition) is 4. The van der Waals surface area contributed by atoms with E-state index in [4.69, 9.17) is 0 Å². The maximum absolute atomic E-state index is 12.8. The largest absolute Gasteiger partial charge is 0.341 e. The van der Waals surface area contributed by atoms with Crippen molar-refractivity contribution in [3.05, 3.63) is 30.3 Å². The quantitative estimate of drug-likeness (QED) is 0.830. The lowest BCUT2D eigenvalue weighted by atomic mass is 9.98. The fourth-order valence-electron chi connectivity index (χ4n) is 3.33. The van der Waals surface area contributed by atoms with Crippen LogP contribution in [0.5, 0.6) is 0 Å². The summed E-state index contributed by atoms with van der Waals surface area (Å²) in [5.74, 6) is -0.168. The molecule has 24 heavy (non-hydrogen) atoms. The van der Waals surface area contributed by atoms with Crippen LogP contribution in [-0.4, -0.2) is 48.6 Å². The Morgan fingerprint density at radius 3 is 2.33 bits per heavy atom. The maximum Gasteiger partial charge on any atom is 0.267 e. The number of hydrogen-bond donors (Lipinski definition) is 0. The number of nitrogens with zero attached hydrogens (tertiary/aromatic N) is 2. The molecule has 3 rings (SSSR count). The smallest absolute Gasteiger partial charge is 0.267 e. The highest BCUT2D eigenvalue weighted by molar-refractivity contribution is 7.89. The van der Waals surface area contributed by atoms with Crippen molar-refractivity contribution in [3.63, 3.8) is 0 Å². The zero-order valence-corrected chi connectivity index (χ0v) is 14.5. The molecule has 2 aliphatic heterocycles. The third-order valence-corrected chi connectivity index (χ3v) is 6.68. The van der Waals surface area contributed by atoms with E-state index >= 15 is 0 Å². The minimum atomic E-state index is -4.00. The summed E-state index contributed by atoms with van der Waals surface area (Å²) in [6.07, 6.45) is 2.18. The Kier molecular flexibility index (Phi) is 4.62. The molecule has 6 nitrogen and oxygen atoms in total. The topological polar surface area (TPSA) is 74.8 Å². The highest BCUT2D eigenvalue weighted by atomic mass is 32.2. The van der Waals surface area contributed by atoms with E-state index in [1.54, 1.807) is 23.1 Å². The summed E-state index contributed by atoms with van der Waals surface area (Å²) in [6, 6.07) is 6.92. The van der Waals surface area contributed by atoms with Crippen molar-refractivity contribution in [1.29, 1.82) is 0 Å². The molecule has 0 aliphatic carbocycles. The van der Waals surface area contributed by atoms with Crippen LogP contribution in [-0.2, 0) is 19.6 Å². The molecule has 2 heterocycles. The molecule has 0 aromatic heterocycles. The molecule has 0 spiro atoms. The van der Waals surface area contributed by atoms with Crippen LogP contribution in [0, 0.1) is 5.92 Å². The van der Waals surface area contributed by atoms with Crippen molar-refractivity contribution in [1.82, 2.24) is 9.21 Å². The molecule has 2 amide bonds. The van der Waals surface area contributed by atoms with E-state index in [-0.39, 0.29) is 23.6 Å². The highest BCUT2D eigenvalue weighted by Gasteiger charge is 2.45. The Balaban J connectivity index is 1.86. The molecule has 1 atom stereocenters. The first-order chi connectivity index (χ1) is 11.4. The van der Waals surface area contributed by atoms with E-state index < -0.39 is 22.0 Å². The minimum Gasteiger partial charge on any atom is -0.341 e. The van der Waals surface area contributed by atoms with Crippen LogP contribution in [0.4, 0.5) is 0 Å². The fraction of sp³-hybridized carbons (Fsp3) is 0.529. The van der Waals surface area contributed by atoms with Crippen LogP contribution in [0.25, 0.3) is 0 Å². The third kappa shape index (κ3) is 3.05. The lowest BCUT2D eigenvalue weighted by Gasteiger charge is -2.34. The van der Waals surface area contributed by atoms with Gasteiger partial charge in [-0.15, -0.1) is 0 Å². The number of carbonyl (C=O) groups excluding carboxylic acids is 2.